The number of ether oxygens (including phenoxy) is 2. The molecule has 3 rings (SSSR count). The largest absolute Gasteiger partial charge is 0.486 e. The van der Waals surface area contributed by atoms with Gasteiger partial charge in [0.2, 0.25) is 0 Å². The maximum atomic E-state index is 5.81. The van der Waals surface area contributed by atoms with E-state index in [1.807, 2.05) is 36.4 Å². The lowest BCUT2D eigenvalue weighted by Crippen LogP contribution is -2.26. The van der Waals surface area contributed by atoms with Crippen LogP contribution in [0.15, 0.2) is 52.5 Å². The summed E-state index contributed by atoms with van der Waals surface area (Å²) < 4.78 is 16.5. The number of aromatic nitrogens is 1. The van der Waals surface area contributed by atoms with E-state index < -0.39 is 0 Å². The first-order valence-electron chi connectivity index (χ1n) is 8.59. The Bertz CT molecular complexity index is 769. The zero-order valence-corrected chi connectivity index (χ0v) is 16.0. The molecule has 0 fully saturated rings. The first-order chi connectivity index (χ1) is 12.7. The normalized spacial score (nSPS) is 11.2. The Hall–Kier alpha value is -2.15. The molecule has 0 atom stereocenters. The van der Waals surface area contributed by atoms with Gasteiger partial charge in [0.15, 0.2) is 0 Å². The summed E-state index contributed by atoms with van der Waals surface area (Å²) in [6.07, 6.45) is 1.70. The van der Waals surface area contributed by atoms with E-state index in [1.165, 1.54) is 5.56 Å². The lowest BCUT2D eigenvalue weighted by atomic mass is 10.2. The van der Waals surface area contributed by atoms with E-state index >= 15 is 0 Å². The van der Waals surface area contributed by atoms with Gasteiger partial charge in [-0.15, -0.1) is 11.3 Å². The lowest BCUT2D eigenvalue weighted by Gasteiger charge is -2.19. The van der Waals surface area contributed by atoms with Crippen LogP contribution in [-0.2, 0) is 24.4 Å². The van der Waals surface area contributed by atoms with Crippen molar-refractivity contribution >= 4 is 11.3 Å². The molecule has 0 bridgehead atoms. The summed E-state index contributed by atoms with van der Waals surface area (Å²) in [5.41, 5.74) is 2.27. The van der Waals surface area contributed by atoms with Crippen molar-refractivity contribution in [3.8, 4) is 5.75 Å². The van der Waals surface area contributed by atoms with Crippen LogP contribution in [0.5, 0.6) is 5.75 Å². The van der Waals surface area contributed by atoms with Crippen LogP contribution in [0.3, 0.4) is 0 Å². The molecule has 0 N–H and O–H groups in total. The number of rotatable bonds is 10. The summed E-state index contributed by atoms with van der Waals surface area (Å²) in [5.74, 6) is 1.81. The topological polar surface area (TPSA) is 47.7 Å². The average molecular weight is 372 g/mol. The molecule has 0 unspecified atom stereocenters. The Morgan fingerprint density at radius 3 is 2.73 bits per heavy atom. The predicted octanol–water partition coefficient (Wildman–Crippen LogP) is 4.27. The Labute approximate surface area is 158 Å². The molecule has 0 aliphatic heterocycles. The van der Waals surface area contributed by atoms with Crippen molar-refractivity contribution in [2.75, 3.05) is 20.3 Å². The van der Waals surface area contributed by atoms with Gasteiger partial charge in [0.05, 0.1) is 25.1 Å². The Balaban J connectivity index is 1.55. The van der Waals surface area contributed by atoms with Crippen LogP contribution in [0.4, 0.5) is 0 Å². The van der Waals surface area contributed by atoms with Crippen molar-refractivity contribution in [1.82, 2.24) is 9.88 Å². The van der Waals surface area contributed by atoms with Crippen molar-refractivity contribution < 1.29 is 13.9 Å². The average Bonchev–Trinajstić information content (AvgIpc) is 3.31. The molecule has 1 aromatic carbocycles. The van der Waals surface area contributed by atoms with E-state index in [-0.39, 0.29) is 0 Å². The van der Waals surface area contributed by atoms with Crippen molar-refractivity contribution in [1.29, 1.82) is 0 Å². The lowest BCUT2D eigenvalue weighted by molar-refractivity contribution is 0.134. The van der Waals surface area contributed by atoms with Gasteiger partial charge in [-0.3, -0.25) is 4.90 Å². The van der Waals surface area contributed by atoms with E-state index in [0.717, 1.165) is 41.8 Å². The molecule has 5 nitrogen and oxygen atoms in total. The van der Waals surface area contributed by atoms with Crippen LogP contribution < -0.4 is 4.74 Å². The van der Waals surface area contributed by atoms with Crippen molar-refractivity contribution in [2.45, 2.75) is 26.6 Å². The fraction of sp³-hybridized carbons (Fsp3) is 0.350. The van der Waals surface area contributed by atoms with Crippen molar-refractivity contribution in [3.63, 3.8) is 0 Å². The summed E-state index contributed by atoms with van der Waals surface area (Å²) in [6.45, 7) is 5.55. The first kappa shape index (κ1) is 18.6. The highest BCUT2D eigenvalue weighted by molar-refractivity contribution is 7.09. The number of thiazole rings is 1. The van der Waals surface area contributed by atoms with Gasteiger partial charge >= 0.3 is 0 Å². The second-order valence-corrected chi connectivity index (χ2v) is 7.06. The number of hydrogen-bond donors (Lipinski definition) is 0. The van der Waals surface area contributed by atoms with Gasteiger partial charge in [-0.2, -0.15) is 0 Å². The van der Waals surface area contributed by atoms with Gasteiger partial charge in [0.25, 0.3) is 0 Å². The van der Waals surface area contributed by atoms with E-state index in [0.29, 0.717) is 13.2 Å². The molecule has 26 heavy (non-hydrogen) atoms. The van der Waals surface area contributed by atoms with Crippen LogP contribution in [-0.4, -0.2) is 30.1 Å². The number of nitrogens with zero attached hydrogens (tertiary/aromatic N) is 2. The maximum Gasteiger partial charge on any atom is 0.140 e. The van der Waals surface area contributed by atoms with E-state index in [1.54, 1.807) is 24.7 Å². The molecule has 0 spiro atoms. The fourth-order valence-electron chi connectivity index (χ4n) is 2.55. The molecule has 0 saturated carbocycles. The summed E-state index contributed by atoms with van der Waals surface area (Å²) in [5, 5.41) is 3.07. The van der Waals surface area contributed by atoms with E-state index in [2.05, 4.69) is 17.2 Å². The molecule has 0 aliphatic carbocycles. The summed E-state index contributed by atoms with van der Waals surface area (Å²) in [7, 11) is 1.72. The minimum absolute atomic E-state index is 0.490. The highest BCUT2D eigenvalue weighted by Crippen LogP contribution is 2.17. The van der Waals surface area contributed by atoms with Gasteiger partial charge in [-0.1, -0.05) is 17.7 Å². The van der Waals surface area contributed by atoms with Crippen molar-refractivity contribution in [2.24, 2.45) is 0 Å². The second-order valence-electron chi connectivity index (χ2n) is 6.12. The number of methoxy groups -OCH3 is 1. The quantitative estimate of drug-likeness (QED) is 0.532. The Kier molecular flexibility index (Phi) is 6.82. The molecule has 6 heteroatoms. The van der Waals surface area contributed by atoms with Crippen LogP contribution in [0, 0.1) is 6.92 Å². The standard InChI is InChI=1S/C20H24N2O3S/c1-16-5-7-18(8-6-16)25-14-20-21-17(15-26-20)12-22(9-11-23-2)13-19-4-3-10-24-19/h3-8,10,15H,9,11-14H2,1-2H3. The third-order valence-electron chi connectivity index (χ3n) is 3.94. The van der Waals surface area contributed by atoms with Gasteiger partial charge in [-0.05, 0) is 31.2 Å². The first-order valence-corrected chi connectivity index (χ1v) is 9.47. The Morgan fingerprint density at radius 2 is 2.00 bits per heavy atom. The van der Waals surface area contributed by atoms with Crippen LogP contribution in [0.1, 0.15) is 22.0 Å². The van der Waals surface area contributed by atoms with Gasteiger partial charge in [0, 0.05) is 25.6 Å². The van der Waals surface area contributed by atoms with Crippen LogP contribution in [0.25, 0.3) is 0 Å². The fourth-order valence-corrected chi connectivity index (χ4v) is 3.25. The summed E-state index contributed by atoms with van der Waals surface area (Å²) in [4.78, 5) is 6.97. The number of hydrogen-bond acceptors (Lipinski definition) is 6. The molecule has 0 saturated heterocycles. The highest BCUT2D eigenvalue weighted by atomic mass is 32.1. The SMILES string of the molecule is COCCN(Cc1csc(COc2ccc(C)cc2)n1)Cc1ccco1. The predicted molar refractivity (Wildman–Crippen MR) is 102 cm³/mol. The molecule has 3 aromatic rings. The van der Waals surface area contributed by atoms with Gasteiger partial charge in [0.1, 0.15) is 23.1 Å². The summed E-state index contributed by atoms with van der Waals surface area (Å²) in [6, 6.07) is 12.0. The third-order valence-corrected chi connectivity index (χ3v) is 4.81. The van der Waals surface area contributed by atoms with Gasteiger partial charge < -0.3 is 13.9 Å². The monoisotopic (exact) mass is 372 g/mol. The maximum absolute atomic E-state index is 5.81. The van der Waals surface area contributed by atoms with Crippen LogP contribution >= 0.6 is 11.3 Å². The minimum Gasteiger partial charge on any atom is -0.486 e. The second kappa shape index (κ2) is 9.52. The third kappa shape index (κ3) is 5.69. The van der Waals surface area contributed by atoms with E-state index in [4.69, 9.17) is 18.9 Å². The molecule has 0 amide bonds. The summed E-state index contributed by atoms with van der Waals surface area (Å²) >= 11 is 1.63. The molecule has 0 aliphatic rings. The highest BCUT2D eigenvalue weighted by Gasteiger charge is 2.11. The van der Waals surface area contributed by atoms with Crippen molar-refractivity contribution in [3.05, 3.63) is 70.1 Å². The zero-order valence-electron chi connectivity index (χ0n) is 15.2. The molecular weight excluding hydrogens is 348 g/mol. The zero-order chi connectivity index (χ0) is 18.2. The molecule has 2 heterocycles. The number of benzene rings is 1. The Morgan fingerprint density at radius 1 is 1.15 bits per heavy atom. The number of furan rings is 1. The number of aryl methyl sites for hydroxylation is 1. The molecule has 138 valence electrons. The van der Waals surface area contributed by atoms with Gasteiger partial charge in [-0.25, -0.2) is 4.98 Å². The smallest absolute Gasteiger partial charge is 0.140 e. The molecule has 0 radical (unpaired) electrons. The minimum atomic E-state index is 0.490. The molecular formula is C20H24N2O3S. The molecule has 2 aromatic heterocycles. The van der Waals surface area contributed by atoms with E-state index in [9.17, 15) is 0 Å². The van der Waals surface area contributed by atoms with Crippen LogP contribution in [0.2, 0.25) is 0 Å².